The van der Waals surface area contributed by atoms with E-state index in [2.05, 4.69) is 37.9 Å². The summed E-state index contributed by atoms with van der Waals surface area (Å²) in [5, 5.41) is 0.768. The zero-order chi connectivity index (χ0) is 14.0. The molecule has 0 bridgehead atoms. The Kier molecular flexibility index (Phi) is 4.93. The smallest absolute Gasteiger partial charge is 0.120 e. The molecule has 0 radical (unpaired) electrons. The maximum atomic E-state index is 6.32. The van der Waals surface area contributed by atoms with Gasteiger partial charge in [0, 0.05) is 9.50 Å². The number of aryl methyl sites for hydroxylation is 1. The molecule has 0 aromatic heterocycles. The summed E-state index contributed by atoms with van der Waals surface area (Å²) in [7, 11) is 1.66. The molecule has 1 nitrogen and oxygen atoms in total. The normalized spacial score (nSPS) is 12.3. The third kappa shape index (κ3) is 3.33. The van der Waals surface area contributed by atoms with Crippen LogP contribution in [-0.4, -0.2) is 7.11 Å². The van der Waals surface area contributed by atoms with Crippen LogP contribution in [-0.2, 0) is 0 Å². The van der Waals surface area contributed by atoms with Crippen molar-refractivity contribution in [3.05, 3.63) is 62.6 Å². The van der Waals surface area contributed by atoms with Crippen LogP contribution in [0.3, 0.4) is 0 Å². The van der Waals surface area contributed by atoms with Crippen LogP contribution in [0.15, 0.2) is 40.9 Å². The van der Waals surface area contributed by atoms with Gasteiger partial charge in [-0.15, -0.1) is 0 Å². The number of methoxy groups -OCH3 is 1. The molecule has 1 atom stereocenters. The molecule has 2 aromatic carbocycles. The van der Waals surface area contributed by atoms with E-state index in [0.717, 1.165) is 31.9 Å². The monoisotopic (exact) mass is 402 g/mol. The van der Waals surface area contributed by atoms with E-state index < -0.39 is 0 Å². The van der Waals surface area contributed by atoms with Gasteiger partial charge in [-0.05, 0) is 41.8 Å². The zero-order valence-electron chi connectivity index (χ0n) is 10.6. The maximum Gasteiger partial charge on any atom is 0.120 e. The first-order valence-electron chi connectivity index (χ1n) is 5.76. The largest absolute Gasteiger partial charge is 0.497 e. The fourth-order valence-corrected chi connectivity index (χ4v) is 4.01. The highest BCUT2D eigenvalue weighted by Crippen LogP contribution is 2.39. The molecule has 0 N–H and O–H groups in total. The van der Waals surface area contributed by atoms with Gasteiger partial charge in [-0.2, -0.15) is 0 Å². The lowest BCUT2D eigenvalue weighted by molar-refractivity contribution is 0.414. The van der Waals surface area contributed by atoms with E-state index >= 15 is 0 Å². The Morgan fingerprint density at radius 1 is 1.11 bits per heavy atom. The van der Waals surface area contributed by atoms with Gasteiger partial charge in [0.25, 0.3) is 0 Å². The van der Waals surface area contributed by atoms with E-state index in [1.165, 1.54) is 0 Å². The predicted molar refractivity (Wildman–Crippen MR) is 87.7 cm³/mol. The Labute approximate surface area is 135 Å². The van der Waals surface area contributed by atoms with E-state index in [4.69, 9.17) is 16.3 Å². The highest BCUT2D eigenvalue weighted by Gasteiger charge is 2.16. The average Bonchev–Trinajstić information content (AvgIpc) is 2.37. The maximum absolute atomic E-state index is 6.32. The lowest BCUT2D eigenvalue weighted by Crippen LogP contribution is -1.96. The number of hydrogen-bond acceptors (Lipinski definition) is 1. The van der Waals surface area contributed by atoms with Gasteiger partial charge in [-0.1, -0.05) is 61.7 Å². The van der Waals surface area contributed by atoms with Crippen molar-refractivity contribution >= 4 is 43.5 Å². The van der Waals surface area contributed by atoms with Crippen molar-refractivity contribution in [3.63, 3.8) is 0 Å². The molecule has 0 fully saturated rings. The molecule has 0 saturated carbocycles. The van der Waals surface area contributed by atoms with Crippen LogP contribution in [0.1, 0.15) is 21.5 Å². The molecular formula is C15H13Br2ClO. The summed E-state index contributed by atoms with van der Waals surface area (Å²) in [5.41, 5.74) is 3.33. The minimum Gasteiger partial charge on any atom is -0.497 e. The fraction of sp³-hybridized carbons (Fsp3) is 0.200. The molecule has 1 unspecified atom stereocenters. The summed E-state index contributed by atoms with van der Waals surface area (Å²) in [6.07, 6.45) is 0. The first-order valence-corrected chi connectivity index (χ1v) is 7.85. The molecule has 0 aliphatic heterocycles. The predicted octanol–water partition coefficient (Wildman–Crippen LogP) is 5.90. The SMILES string of the molecule is COc1ccc(C(Br)c2ccc(C)cc2Cl)c(Br)c1. The van der Waals surface area contributed by atoms with E-state index in [1.54, 1.807) is 7.11 Å². The Morgan fingerprint density at radius 2 is 1.79 bits per heavy atom. The number of alkyl halides is 1. The van der Waals surface area contributed by atoms with Crippen LogP contribution < -0.4 is 4.74 Å². The number of hydrogen-bond donors (Lipinski definition) is 0. The second-order valence-corrected chi connectivity index (χ2v) is 6.45. The number of rotatable bonds is 3. The van der Waals surface area contributed by atoms with Crippen molar-refractivity contribution in [2.45, 2.75) is 11.8 Å². The minimum absolute atomic E-state index is 0.0425. The van der Waals surface area contributed by atoms with Crippen LogP contribution in [0.4, 0.5) is 0 Å². The van der Waals surface area contributed by atoms with E-state index in [-0.39, 0.29) is 4.83 Å². The Balaban J connectivity index is 2.41. The highest BCUT2D eigenvalue weighted by molar-refractivity contribution is 9.11. The number of ether oxygens (including phenoxy) is 1. The summed E-state index contributed by atoms with van der Waals surface area (Å²) in [6.45, 7) is 2.03. The van der Waals surface area contributed by atoms with Crippen LogP contribution in [0, 0.1) is 6.92 Å². The lowest BCUT2D eigenvalue weighted by atomic mass is 10.0. The molecule has 0 spiro atoms. The first-order chi connectivity index (χ1) is 9.02. The third-order valence-corrected chi connectivity index (χ3v) is 4.91. The second-order valence-electron chi connectivity index (χ2n) is 4.27. The molecular weight excluding hydrogens is 391 g/mol. The Bertz CT molecular complexity index is 599. The molecule has 100 valence electrons. The highest BCUT2D eigenvalue weighted by atomic mass is 79.9. The molecule has 0 heterocycles. The van der Waals surface area contributed by atoms with Gasteiger partial charge in [0.15, 0.2) is 0 Å². The summed E-state index contributed by atoms with van der Waals surface area (Å²) in [4.78, 5) is 0.0425. The summed E-state index contributed by atoms with van der Waals surface area (Å²) < 4.78 is 6.19. The minimum atomic E-state index is 0.0425. The Hall–Kier alpha value is -0.510. The van der Waals surface area contributed by atoms with Crippen LogP contribution in [0.5, 0.6) is 5.75 Å². The molecule has 0 amide bonds. The van der Waals surface area contributed by atoms with Crippen LogP contribution in [0.25, 0.3) is 0 Å². The average molecular weight is 405 g/mol. The molecule has 4 heteroatoms. The second kappa shape index (κ2) is 6.29. The molecule has 0 saturated heterocycles. The van der Waals surface area contributed by atoms with Gasteiger partial charge in [-0.3, -0.25) is 0 Å². The molecule has 19 heavy (non-hydrogen) atoms. The summed E-state index contributed by atoms with van der Waals surface area (Å²) >= 11 is 13.6. The van der Waals surface area contributed by atoms with Crippen LogP contribution in [0.2, 0.25) is 5.02 Å². The van der Waals surface area contributed by atoms with Crippen molar-refractivity contribution in [1.29, 1.82) is 0 Å². The lowest BCUT2D eigenvalue weighted by Gasteiger charge is -2.15. The van der Waals surface area contributed by atoms with Crippen LogP contribution >= 0.6 is 43.5 Å². The van der Waals surface area contributed by atoms with E-state index in [9.17, 15) is 0 Å². The number of benzene rings is 2. The van der Waals surface area contributed by atoms with E-state index in [1.807, 2.05) is 37.3 Å². The van der Waals surface area contributed by atoms with Crippen molar-refractivity contribution in [1.82, 2.24) is 0 Å². The molecule has 0 aliphatic carbocycles. The fourth-order valence-electron chi connectivity index (χ4n) is 1.85. The molecule has 0 aliphatic rings. The molecule has 2 aromatic rings. The van der Waals surface area contributed by atoms with E-state index in [0.29, 0.717) is 0 Å². The van der Waals surface area contributed by atoms with Gasteiger partial charge in [0.2, 0.25) is 0 Å². The third-order valence-electron chi connectivity index (χ3n) is 2.91. The van der Waals surface area contributed by atoms with Crippen molar-refractivity contribution in [3.8, 4) is 5.75 Å². The summed E-state index contributed by atoms with van der Waals surface area (Å²) in [6, 6.07) is 12.0. The van der Waals surface area contributed by atoms with Crippen molar-refractivity contribution < 1.29 is 4.74 Å². The zero-order valence-corrected chi connectivity index (χ0v) is 14.5. The topological polar surface area (TPSA) is 9.23 Å². The van der Waals surface area contributed by atoms with Crippen molar-refractivity contribution in [2.24, 2.45) is 0 Å². The van der Waals surface area contributed by atoms with Gasteiger partial charge >= 0.3 is 0 Å². The van der Waals surface area contributed by atoms with Gasteiger partial charge < -0.3 is 4.74 Å². The molecule has 2 rings (SSSR count). The van der Waals surface area contributed by atoms with Gasteiger partial charge in [-0.25, -0.2) is 0 Å². The van der Waals surface area contributed by atoms with Gasteiger partial charge in [0.05, 0.1) is 11.9 Å². The first kappa shape index (κ1) is 14.9. The quantitative estimate of drug-likeness (QED) is 0.579. The summed E-state index contributed by atoms with van der Waals surface area (Å²) in [5.74, 6) is 0.824. The number of halogens is 3. The van der Waals surface area contributed by atoms with Gasteiger partial charge in [0.1, 0.15) is 5.75 Å². The van der Waals surface area contributed by atoms with Crippen molar-refractivity contribution in [2.75, 3.05) is 7.11 Å². The Morgan fingerprint density at radius 3 is 2.37 bits per heavy atom. The standard InChI is InChI=1S/C15H13Br2ClO/c1-9-3-5-12(14(18)7-9)15(17)11-6-4-10(19-2)8-13(11)16/h3-8,15H,1-2H3.